The first-order chi connectivity index (χ1) is 8.49. The van der Waals surface area contributed by atoms with Crippen LogP contribution < -0.4 is 14.8 Å². The number of methoxy groups -OCH3 is 2. The van der Waals surface area contributed by atoms with Gasteiger partial charge in [0.2, 0.25) is 0 Å². The van der Waals surface area contributed by atoms with Crippen molar-refractivity contribution in [3.8, 4) is 11.5 Å². The van der Waals surface area contributed by atoms with Crippen LogP contribution in [0.2, 0.25) is 0 Å². The summed E-state index contributed by atoms with van der Waals surface area (Å²) in [6.45, 7) is 3.37. The Kier molecular flexibility index (Phi) is 4.67. The monoisotopic (exact) mass is 255 g/mol. The van der Waals surface area contributed by atoms with Crippen molar-refractivity contribution in [1.29, 1.82) is 0 Å². The van der Waals surface area contributed by atoms with Gasteiger partial charge in [-0.2, -0.15) is 0 Å². The average Bonchev–Trinajstić information content (AvgIpc) is 2.34. The van der Waals surface area contributed by atoms with E-state index >= 15 is 0 Å². The first-order valence-electron chi connectivity index (χ1n) is 5.57. The Morgan fingerprint density at radius 1 is 1.17 bits per heavy atom. The van der Waals surface area contributed by atoms with Gasteiger partial charge in [-0.1, -0.05) is 0 Å². The first-order valence-corrected chi connectivity index (χ1v) is 5.57. The minimum atomic E-state index is -0.493. The topological polar surface area (TPSA) is 47.6 Å². The number of ketones is 1. The van der Waals surface area contributed by atoms with Gasteiger partial charge >= 0.3 is 0 Å². The molecule has 0 bridgehead atoms. The Morgan fingerprint density at radius 2 is 1.72 bits per heavy atom. The van der Waals surface area contributed by atoms with Crippen LogP contribution in [0, 0.1) is 19.7 Å². The zero-order valence-electron chi connectivity index (χ0n) is 11.3. The van der Waals surface area contributed by atoms with Crippen LogP contribution in [0.3, 0.4) is 0 Å². The number of rotatable bonds is 5. The average molecular weight is 255 g/mol. The van der Waals surface area contributed by atoms with Crippen molar-refractivity contribution >= 4 is 5.78 Å². The standard InChI is InChI=1S/C13H18FNO3/c1-7-10(9(16)6-15-3)12(17-4)8(2)11(14)13(7)18-5/h15H,6H2,1-5H3. The lowest BCUT2D eigenvalue weighted by molar-refractivity contribution is 0.0989. The quantitative estimate of drug-likeness (QED) is 0.816. The van der Waals surface area contributed by atoms with Crippen LogP contribution >= 0.6 is 0 Å². The molecule has 0 radical (unpaired) electrons. The maximum Gasteiger partial charge on any atom is 0.180 e. The van der Waals surface area contributed by atoms with Crippen LogP contribution in [0.5, 0.6) is 11.5 Å². The third-order valence-electron chi connectivity index (χ3n) is 2.84. The molecular weight excluding hydrogens is 237 g/mol. The molecule has 0 spiro atoms. The summed E-state index contributed by atoms with van der Waals surface area (Å²) in [5.41, 5.74) is 1.10. The fourth-order valence-electron chi connectivity index (χ4n) is 1.99. The van der Waals surface area contributed by atoms with E-state index in [1.165, 1.54) is 14.2 Å². The minimum Gasteiger partial charge on any atom is -0.496 e. The highest BCUT2D eigenvalue weighted by Crippen LogP contribution is 2.36. The second kappa shape index (κ2) is 5.82. The van der Waals surface area contributed by atoms with Gasteiger partial charge < -0.3 is 14.8 Å². The van der Waals surface area contributed by atoms with Crippen molar-refractivity contribution in [3.63, 3.8) is 0 Å². The van der Waals surface area contributed by atoms with Gasteiger partial charge in [-0.3, -0.25) is 4.79 Å². The number of carbonyl (C=O) groups excluding carboxylic acids is 1. The third kappa shape index (κ3) is 2.31. The molecular formula is C13H18FNO3. The van der Waals surface area contributed by atoms with E-state index in [1.54, 1.807) is 20.9 Å². The number of benzene rings is 1. The van der Waals surface area contributed by atoms with Crippen LogP contribution in [0.4, 0.5) is 4.39 Å². The highest BCUT2D eigenvalue weighted by atomic mass is 19.1. The van der Waals surface area contributed by atoms with Crippen molar-refractivity contribution in [3.05, 3.63) is 22.5 Å². The van der Waals surface area contributed by atoms with E-state index in [9.17, 15) is 9.18 Å². The second-order valence-corrected chi connectivity index (χ2v) is 3.96. The predicted molar refractivity (Wildman–Crippen MR) is 67.2 cm³/mol. The molecule has 1 aromatic carbocycles. The van der Waals surface area contributed by atoms with Crippen molar-refractivity contribution in [2.45, 2.75) is 13.8 Å². The van der Waals surface area contributed by atoms with Crippen molar-refractivity contribution < 1.29 is 18.7 Å². The Labute approximate surface area is 106 Å². The normalized spacial score (nSPS) is 10.3. The molecule has 5 heteroatoms. The molecule has 0 aliphatic carbocycles. The molecule has 0 amide bonds. The highest BCUT2D eigenvalue weighted by Gasteiger charge is 2.24. The molecule has 100 valence electrons. The predicted octanol–water partition coefficient (Wildman–Crippen LogP) is 1.86. The molecule has 0 fully saturated rings. The van der Waals surface area contributed by atoms with Crippen LogP contribution in [-0.2, 0) is 0 Å². The number of halogens is 1. The lowest BCUT2D eigenvalue weighted by atomic mass is 9.98. The van der Waals surface area contributed by atoms with Gasteiger partial charge in [0.05, 0.1) is 26.3 Å². The van der Waals surface area contributed by atoms with E-state index < -0.39 is 5.82 Å². The second-order valence-electron chi connectivity index (χ2n) is 3.96. The molecule has 0 aromatic heterocycles. The largest absolute Gasteiger partial charge is 0.496 e. The van der Waals surface area contributed by atoms with Gasteiger partial charge in [-0.25, -0.2) is 4.39 Å². The SMILES string of the molecule is CNCC(=O)c1c(C)c(OC)c(F)c(C)c1OC. The molecule has 0 unspecified atom stereocenters. The molecule has 0 atom stereocenters. The van der Waals surface area contributed by atoms with Crippen molar-refractivity contribution in [2.75, 3.05) is 27.8 Å². The lowest BCUT2D eigenvalue weighted by Crippen LogP contribution is -2.21. The summed E-state index contributed by atoms with van der Waals surface area (Å²) in [4.78, 5) is 12.1. The summed E-state index contributed by atoms with van der Waals surface area (Å²) in [6, 6.07) is 0. The Balaban J connectivity index is 3.56. The van der Waals surface area contributed by atoms with Crippen molar-refractivity contribution in [2.24, 2.45) is 0 Å². The van der Waals surface area contributed by atoms with E-state index in [-0.39, 0.29) is 29.4 Å². The van der Waals surface area contributed by atoms with Crippen LogP contribution in [0.25, 0.3) is 0 Å². The van der Waals surface area contributed by atoms with Gasteiger partial charge in [0.15, 0.2) is 17.3 Å². The molecule has 0 aliphatic heterocycles. The third-order valence-corrected chi connectivity index (χ3v) is 2.84. The van der Waals surface area contributed by atoms with Gasteiger partial charge in [0.25, 0.3) is 0 Å². The Hall–Kier alpha value is -1.62. The minimum absolute atomic E-state index is 0.0905. The van der Waals surface area contributed by atoms with Crippen LogP contribution in [-0.4, -0.2) is 33.6 Å². The van der Waals surface area contributed by atoms with E-state index in [4.69, 9.17) is 9.47 Å². The summed E-state index contributed by atoms with van der Waals surface area (Å²) in [6.07, 6.45) is 0. The zero-order chi connectivity index (χ0) is 13.9. The number of carbonyl (C=O) groups is 1. The Morgan fingerprint density at radius 3 is 2.17 bits per heavy atom. The van der Waals surface area contributed by atoms with E-state index in [2.05, 4.69) is 5.32 Å². The summed E-state index contributed by atoms with van der Waals surface area (Å²) in [5.74, 6) is -0.292. The van der Waals surface area contributed by atoms with Crippen molar-refractivity contribution in [1.82, 2.24) is 5.32 Å². The molecule has 0 heterocycles. The van der Waals surface area contributed by atoms with Gasteiger partial charge in [-0.15, -0.1) is 0 Å². The highest BCUT2D eigenvalue weighted by molar-refractivity contribution is 6.02. The van der Waals surface area contributed by atoms with E-state index in [0.29, 0.717) is 11.1 Å². The summed E-state index contributed by atoms with van der Waals surface area (Å²) in [7, 11) is 4.47. The summed E-state index contributed by atoms with van der Waals surface area (Å²) in [5, 5.41) is 2.78. The number of ether oxygens (including phenoxy) is 2. The molecule has 1 N–H and O–H groups in total. The molecule has 0 aliphatic rings. The number of hydrogen-bond acceptors (Lipinski definition) is 4. The molecule has 1 aromatic rings. The first kappa shape index (κ1) is 14.4. The maximum absolute atomic E-state index is 14.0. The smallest absolute Gasteiger partial charge is 0.180 e. The van der Waals surface area contributed by atoms with Crippen LogP contribution in [0.15, 0.2) is 0 Å². The zero-order valence-corrected chi connectivity index (χ0v) is 11.3. The fourth-order valence-corrected chi connectivity index (χ4v) is 1.99. The Bertz CT molecular complexity index is 472. The molecule has 18 heavy (non-hydrogen) atoms. The summed E-state index contributed by atoms with van der Waals surface area (Å²) >= 11 is 0. The number of Topliss-reactive ketones (excluding diaryl/α,β-unsaturated/α-hetero) is 1. The molecule has 1 rings (SSSR count). The van der Waals surface area contributed by atoms with Gasteiger partial charge in [0.1, 0.15) is 5.75 Å². The van der Waals surface area contributed by atoms with E-state index in [1.807, 2.05) is 0 Å². The number of nitrogens with one attached hydrogen (secondary N) is 1. The number of hydrogen-bond donors (Lipinski definition) is 1. The van der Waals surface area contributed by atoms with Gasteiger partial charge in [0, 0.05) is 11.1 Å². The summed E-state index contributed by atoms with van der Waals surface area (Å²) < 4.78 is 24.2. The lowest BCUT2D eigenvalue weighted by Gasteiger charge is -2.17. The maximum atomic E-state index is 14.0. The molecule has 4 nitrogen and oxygen atoms in total. The van der Waals surface area contributed by atoms with Crippen LogP contribution in [0.1, 0.15) is 21.5 Å². The molecule has 0 saturated heterocycles. The fraction of sp³-hybridized carbons (Fsp3) is 0.462. The number of likely N-dealkylation sites (N-methyl/N-ethyl adjacent to an activating group) is 1. The molecule has 0 saturated carbocycles. The van der Waals surface area contributed by atoms with E-state index in [0.717, 1.165) is 0 Å². The van der Waals surface area contributed by atoms with Gasteiger partial charge in [-0.05, 0) is 20.9 Å².